The Labute approximate surface area is 243 Å². The van der Waals surface area contributed by atoms with Crippen LogP contribution in [-0.4, -0.2) is 27.4 Å². The molecule has 0 aliphatic carbocycles. The standard InChI is InChI=1S/C33H27N7O2/c1-21-15-24(18-35)16-22(2)31(21)42-32-26(20-38-33(40-32)39-27-10-7-23(17-34)8-11-27)9-12-30(41)36-14-13-25-19-37-29-6-4-3-5-28(25)29/h3-12,15-16,19-20,37H,13-14H2,1-2H3,(H,36,41)(H,38,39,40)/b12-9+. The van der Waals surface area contributed by atoms with Crippen molar-refractivity contribution >= 4 is 34.5 Å². The average molecular weight is 554 g/mol. The van der Waals surface area contributed by atoms with Crippen LogP contribution in [-0.2, 0) is 11.2 Å². The third-order valence-corrected chi connectivity index (χ3v) is 6.62. The number of carbonyl (C=O) groups excluding carboxylic acids is 1. The highest BCUT2D eigenvalue weighted by atomic mass is 16.5. The van der Waals surface area contributed by atoms with E-state index in [-0.39, 0.29) is 17.7 Å². The SMILES string of the molecule is Cc1cc(C#N)cc(C)c1Oc1nc(Nc2ccc(C#N)cc2)ncc1/C=C/C(=O)NCCc1c[nH]c2ccccc12. The minimum absolute atomic E-state index is 0.236. The molecule has 0 aliphatic rings. The van der Waals surface area contributed by atoms with Gasteiger partial charge in [0, 0.05) is 41.6 Å². The lowest BCUT2D eigenvalue weighted by Gasteiger charge is -2.14. The lowest BCUT2D eigenvalue weighted by atomic mass is 10.1. The molecule has 206 valence electrons. The van der Waals surface area contributed by atoms with E-state index in [9.17, 15) is 10.1 Å². The summed E-state index contributed by atoms with van der Waals surface area (Å²) >= 11 is 0. The van der Waals surface area contributed by atoms with Crippen LogP contribution in [0.3, 0.4) is 0 Å². The molecule has 9 heteroatoms. The predicted molar refractivity (Wildman–Crippen MR) is 161 cm³/mol. The molecular formula is C33H27N7O2. The Kier molecular flexibility index (Phi) is 8.22. The van der Waals surface area contributed by atoms with Crippen molar-refractivity contribution in [1.82, 2.24) is 20.3 Å². The number of ether oxygens (including phenoxy) is 1. The molecule has 0 unspecified atom stereocenters. The zero-order chi connectivity index (χ0) is 29.5. The first-order chi connectivity index (χ1) is 20.4. The van der Waals surface area contributed by atoms with E-state index in [0.717, 1.165) is 27.6 Å². The number of fused-ring (bicyclic) bond motifs is 1. The van der Waals surface area contributed by atoms with E-state index >= 15 is 0 Å². The van der Waals surface area contributed by atoms with Gasteiger partial charge in [-0.15, -0.1) is 0 Å². The number of nitriles is 2. The van der Waals surface area contributed by atoms with Crippen LogP contribution >= 0.6 is 0 Å². The van der Waals surface area contributed by atoms with Crippen LogP contribution in [0.4, 0.5) is 11.6 Å². The molecule has 0 spiro atoms. The maximum absolute atomic E-state index is 12.7. The molecule has 0 fully saturated rings. The first-order valence-corrected chi connectivity index (χ1v) is 13.3. The second kappa shape index (κ2) is 12.5. The average Bonchev–Trinajstić information content (AvgIpc) is 3.41. The van der Waals surface area contributed by atoms with Crippen LogP contribution in [0.15, 0.2) is 79.1 Å². The van der Waals surface area contributed by atoms with Gasteiger partial charge in [-0.1, -0.05) is 18.2 Å². The molecule has 2 aromatic heterocycles. The summed E-state index contributed by atoms with van der Waals surface area (Å²) in [4.78, 5) is 24.9. The number of hydrogen-bond donors (Lipinski definition) is 3. The Balaban J connectivity index is 1.34. The summed E-state index contributed by atoms with van der Waals surface area (Å²) < 4.78 is 6.26. The van der Waals surface area contributed by atoms with Gasteiger partial charge >= 0.3 is 0 Å². The van der Waals surface area contributed by atoms with Gasteiger partial charge in [-0.25, -0.2) is 4.98 Å². The Morgan fingerprint density at radius 1 is 1.02 bits per heavy atom. The number of benzene rings is 3. The molecule has 5 aromatic rings. The monoisotopic (exact) mass is 553 g/mol. The van der Waals surface area contributed by atoms with Gasteiger partial charge < -0.3 is 20.4 Å². The number of para-hydroxylation sites is 1. The molecule has 42 heavy (non-hydrogen) atoms. The number of anilines is 2. The predicted octanol–water partition coefficient (Wildman–Crippen LogP) is 6.23. The fraction of sp³-hybridized carbons (Fsp3) is 0.121. The van der Waals surface area contributed by atoms with Crippen molar-refractivity contribution < 1.29 is 9.53 Å². The molecule has 1 amide bonds. The van der Waals surface area contributed by atoms with Crippen LogP contribution < -0.4 is 15.4 Å². The topological polar surface area (TPSA) is 140 Å². The maximum atomic E-state index is 12.7. The Bertz CT molecular complexity index is 1850. The molecule has 3 N–H and O–H groups in total. The number of aromatic amines is 1. The molecule has 2 heterocycles. The maximum Gasteiger partial charge on any atom is 0.244 e. The van der Waals surface area contributed by atoms with E-state index in [1.54, 1.807) is 48.7 Å². The molecule has 0 saturated heterocycles. The first kappa shape index (κ1) is 27.6. The van der Waals surface area contributed by atoms with Crippen molar-refractivity contribution in [2.75, 3.05) is 11.9 Å². The Hall–Kier alpha value is -5.93. The summed E-state index contributed by atoms with van der Waals surface area (Å²) in [5.74, 6) is 0.819. The van der Waals surface area contributed by atoms with Crippen molar-refractivity contribution in [2.45, 2.75) is 20.3 Å². The summed E-state index contributed by atoms with van der Waals surface area (Å²) in [7, 11) is 0. The van der Waals surface area contributed by atoms with Crippen molar-refractivity contribution in [3.8, 4) is 23.8 Å². The van der Waals surface area contributed by atoms with E-state index in [0.29, 0.717) is 41.1 Å². The van der Waals surface area contributed by atoms with Gasteiger partial charge in [-0.2, -0.15) is 15.5 Å². The molecule has 5 rings (SSSR count). The highest BCUT2D eigenvalue weighted by molar-refractivity contribution is 5.92. The Morgan fingerprint density at radius 2 is 1.76 bits per heavy atom. The van der Waals surface area contributed by atoms with Gasteiger partial charge in [-0.05, 0) is 85.5 Å². The van der Waals surface area contributed by atoms with E-state index in [4.69, 9.17) is 10.00 Å². The van der Waals surface area contributed by atoms with Gasteiger partial charge in [0.05, 0.1) is 28.8 Å². The molecule has 0 saturated carbocycles. The van der Waals surface area contributed by atoms with Gasteiger partial charge in [0.1, 0.15) is 5.75 Å². The highest BCUT2D eigenvalue weighted by Crippen LogP contribution is 2.32. The first-order valence-electron chi connectivity index (χ1n) is 13.3. The van der Waals surface area contributed by atoms with E-state index in [1.165, 1.54) is 6.08 Å². The summed E-state index contributed by atoms with van der Waals surface area (Å²) in [6.45, 7) is 4.19. The van der Waals surface area contributed by atoms with E-state index in [1.807, 2.05) is 38.2 Å². The smallest absolute Gasteiger partial charge is 0.244 e. The van der Waals surface area contributed by atoms with Gasteiger partial charge in [-0.3, -0.25) is 4.79 Å². The second-order valence-corrected chi connectivity index (χ2v) is 9.66. The molecule has 0 bridgehead atoms. The minimum Gasteiger partial charge on any atom is -0.438 e. The van der Waals surface area contributed by atoms with Crippen molar-refractivity contribution in [3.63, 3.8) is 0 Å². The van der Waals surface area contributed by atoms with Gasteiger partial charge in [0.15, 0.2) is 0 Å². The summed E-state index contributed by atoms with van der Waals surface area (Å²) in [5, 5.41) is 25.6. The van der Waals surface area contributed by atoms with Crippen LogP contribution in [0.25, 0.3) is 17.0 Å². The summed E-state index contributed by atoms with van der Waals surface area (Å²) in [5.41, 5.74) is 6.02. The highest BCUT2D eigenvalue weighted by Gasteiger charge is 2.14. The molecule has 9 nitrogen and oxygen atoms in total. The lowest BCUT2D eigenvalue weighted by molar-refractivity contribution is -0.116. The number of nitrogens with zero attached hydrogens (tertiary/aromatic N) is 4. The molecule has 3 aromatic carbocycles. The third-order valence-electron chi connectivity index (χ3n) is 6.62. The third kappa shape index (κ3) is 6.44. The normalized spacial score (nSPS) is 10.8. The lowest BCUT2D eigenvalue weighted by Crippen LogP contribution is -2.23. The summed E-state index contributed by atoms with van der Waals surface area (Å²) in [6.07, 6.45) is 7.25. The number of carbonyl (C=O) groups is 1. The van der Waals surface area contributed by atoms with Gasteiger partial charge in [0.25, 0.3) is 0 Å². The fourth-order valence-corrected chi connectivity index (χ4v) is 4.54. The number of aromatic nitrogens is 3. The molecule has 0 atom stereocenters. The van der Waals surface area contributed by atoms with Crippen LogP contribution in [0.1, 0.15) is 33.4 Å². The van der Waals surface area contributed by atoms with Crippen molar-refractivity contribution in [1.29, 1.82) is 10.5 Å². The number of aryl methyl sites for hydroxylation is 2. The number of nitrogens with one attached hydrogen (secondary N) is 3. The van der Waals surface area contributed by atoms with E-state index in [2.05, 4.69) is 43.8 Å². The zero-order valence-corrected chi connectivity index (χ0v) is 23.1. The largest absolute Gasteiger partial charge is 0.438 e. The molecule has 0 aliphatic heterocycles. The number of rotatable bonds is 9. The zero-order valence-electron chi connectivity index (χ0n) is 23.1. The van der Waals surface area contributed by atoms with E-state index < -0.39 is 0 Å². The summed E-state index contributed by atoms with van der Waals surface area (Å²) in [6, 6.07) is 22.7. The quantitative estimate of drug-likeness (QED) is 0.184. The van der Waals surface area contributed by atoms with Crippen molar-refractivity contribution in [2.24, 2.45) is 0 Å². The second-order valence-electron chi connectivity index (χ2n) is 9.66. The molecular weight excluding hydrogens is 526 g/mol. The van der Waals surface area contributed by atoms with Crippen LogP contribution in [0, 0.1) is 36.5 Å². The Morgan fingerprint density at radius 3 is 2.50 bits per heavy atom. The number of hydrogen-bond acceptors (Lipinski definition) is 7. The minimum atomic E-state index is -0.258. The fourth-order valence-electron chi connectivity index (χ4n) is 4.54. The number of amides is 1. The van der Waals surface area contributed by atoms with Crippen LogP contribution in [0.2, 0.25) is 0 Å². The number of H-pyrrole nitrogens is 1. The van der Waals surface area contributed by atoms with Crippen LogP contribution in [0.5, 0.6) is 11.6 Å². The van der Waals surface area contributed by atoms with Crippen molar-refractivity contribution in [3.05, 3.63) is 113 Å². The van der Waals surface area contributed by atoms with Gasteiger partial charge in [0.2, 0.25) is 17.7 Å². The molecule has 0 radical (unpaired) electrons.